The maximum atomic E-state index is 10.0. The van der Waals surface area contributed by atoms with Crippen LogP contribution in [0.5, 0.6) is 0 Å². The summed E-state index contributed by atoms with van der Waals surface area (Å²) in [7, 11) is 0. The summed E-state index contributed by atoms with van der Waals surface area (Å²) in [4.78, 5) is 18.4. The molecule has 0 aliphatic carbocycles. The summed E-state index contributed by atoms with van der Waals surface area (Å²) in [5.74, 6) is -0.910. The zero-order valence-electron chi connectivity index (χ0n) is 6.80. The van der Waals surface area contributed by atoms with Crippen LogP contribution in [0.2, 0.25) is 0 Å². The van der Waals surface area contributed by atoms with E-state index in [1.807, 2.05) is 0 Å². The summed E-state index contributed by atoms with van der Waals surface area (Å²) in [6, 6.07) is -0.713. The molecule has 7 heteroatoms. The Morgan fingerprint density at radius 2 is 1.83 bits per heavy atom. The number of aliphatic carboxylic acids is 1. The Balaban J connectivity index is 0. The Hall–Kier alpha value is -1.37. The minimum Gasteiger partial charge on any atom is -0.480 e. The van der Waals surface area contributed by atoms with Crippen LogP contribution in [-0.4, -0.2) is 27.4 Å². The number of nitrogens with two attached hydrogens (primary N) is 1. The predicted molar refractivity (Wildman–Crippen MR) is 39.2 cm³/mol. The number of carboxylic acid groups (broad SMARTS) is 1. The van der Waals surface area contributed by atoms with E-state index >= 15 is 0 Å². The van der Waals surface area contributed by atoms with E-state index < -0.39 is 17.1 Å². The average molecular weight is 180 g/mol. The molecule has 0 rings (SSSR count). The highest BCUT2D eigenvalue weighted by Gasteiger charge is 2.14. The minimum atomic E-state index is -1.50. The maximum absolute atomic E-state index is 10.0. The largest absolute Gasteiger partial charge is 0.480 e. The molecule has 0 heterocycles. The van der Waals surface area contributed by atoms with Crippen molar-refractivity contribution < 1.29 is 20.2 Å². The van der Waals surface area contributed by atoms with Crippen molar-refractivity contribution in [1.82, 2.24) is 0 Å². The standard InChI is InChI=1S/C5H11NO2.HNO3/c1-3(2)4(6)5(7)8;2-1(3)4/h3-4H,6H2,1-2H3,(H,7,8);(H,2,3,4). The van der Waals surface area contributed by atoms with Gasteiger partial charge in [0.25, 0.3) is 5.09 Å². The molecule has 72 valence electrons. The number of carbonyl (C=O) groups is 1. The summed E-state index contributed by atoms with van der Waals surface area (Å²) in [5, 5.41) is 21.9. The van der Waals surface area contributed by atoms with Gasteiger partial charge in [0, 0.05) is 0 Å². The van der Waals surface area contributed by atoms with E-state index in [1.165, 1.54) is 0 Å². The second-order valence-electron chi connectivity index (χ2n) is 2.35. The Morgan fingerprint density at radius 1 is 1.58 bits per heavy atom. The molecule has 0 saturated heterocycles. The molecular weight excluding hydrogens is 168 g/mol. The molecule has 12 heavy (non-hydrogen) atoms. The highest BCUT2D eigenvalue weighted by atomic mass is 16.9. The molecule has 0 aromatic heterocycles. The molecule has 7 nitrogen and oxygen atoms in total. The summed E-state index contributed by atoms with van der Waals surface area (Å²) in [6.45, 7) is 3.55. The molecule has 0 aromatic carbocycles. The van der Waals surface area contributed by atoms with Crippen molar-refractivity contribution in [2.45, 2.75) is 19.9 Å². The molecule has 1 atom stereocenters. The zero-order valence-corrected chi connectivity index (χ0v) is 6.80. The Kier molecular flexibility index (Phi) is 7.00. The second-order valence-corrected chi connectivity index (χ2v) is 2.35. The first kappa shape index (κ1) is 13.2. The van der Waals surface area contributed by atoms with Crippen molar-refractivity contribution in [2.24, 2.45) is 11.7 Å². The maximum Gasteiger partial charge on any atom is 0.320 e. The summed E-state index contributed by atoms with van der Waals surface area (Å²) >= 11 is 0. The van der Waals surface area contributed by atoms with Crippen LogP contribution in [0.4, 0.5) is 0 Å². The lowest BCUT2D eigenvalue weighted by Gasteiger charge is -2.07. The van der Waals surface area contributed by atoms with Gasteiger partial charge in [0.2, 0.25) is 0 Å². The van der Waals surface area contributed by atoms with Crippen LogP contribution in [0, 0.1) is 16.0 Å². The summed E-state index contributed by atoms with van der Waals surface area (Å²) < 4.78 is 0. The van der Waals surface area contributed by atoms with Crippen molar-refractivity contribution in [2.75, 3.05) is 0 Å². The molecule has 0 radical (unpaired) electrons. The van der Waals surface area contributed by atoms with E-state index in [4.69, 9.17) is 26.2 Å². The lowest BCUT2D eigenvalue weighted by Crippen LogP contribution is -2.34. The van der Waals surface area contributed by atoms with E-state index in [2.05, 4.69) is 0 Å². The average Bonchev–Trinajstić information content (AvgIpc) is 1.84. The van der Waals surface area contributed by atoms with Gasteiger partial charge in [-0.25, -0.2) is 0 Å². The monoisotopic (exact) mass is 180 g/mol. The van der Waals surface area contributed by atoms with Gasteiger partial charge in [0.15, 0.2) is 0 Å². The van der Waals surface area contributed by atoms with Gasteiger partial charge < -0.3 is 16.0 Å². The second kappa shape index (κ2) is 6.35. The first-order valence-electron chi connectivity index (χ1n) is 3.10. The van der Waals surface area contributed by atoms with Crippen molar-refractivity contribution in [3.8, 4) is 0 Å². The molecule has 4 N–H and O–H groups in total. The van der Waals surface area contributed by atoms with Gasteiger partial charge in [0.05, 0.1) is 0 Å². The van der Waals surface area contributed by atoms with Crippen molar-refractivity contribution in [3.63, 3.8) is 0 Å². The Morgan fingerprint density at radius 3 is 1.83 bits per heavy atom. The molecule has 0 aliphatic heterocycles. The van der Waals surface area contributed by atoms with Crippen LogP contribution >= 0.6 is 0 Å². The molecule has 0 aliphatic rings. The van der Waals surface area contributed by atoms with Gasteiger partial charge in [-0.1, -0.05) is 13.8 Å². The van der Waals surface area contributed by atoms with Gasteiger partial charge >= 0.3 is 5.97 Å². The fraction of sp³-hybridized carbons (Fsp3) is 0.800. The topological polar surface area (TPSA) is 127 Å². The number of hydrogen-bond acceptors (Lipinski definition) is 4. The van der Waals surface area contributed by atoms with Gasteiger partial charge in [0.1, 0.15) is 6.04 Å². The summed E-state index contributed by atoms with van der Waals surface area (Å²) in [6.07, 6.45) is 0. The third kappa shape index (κ3) is 11.4. The van der Waals surface area contributed by atoms with E-state index in [9.17, 15) is 4.79 Å². The molecule has 0 bridgehead atoms. The van der Waals surface area contributed by atoms with Crippen molar-refractivity contribution >= 4 is 5.97 Å². The van der Waals surface area contributed by atoms with E-state index in [-0.39, 0.29) is 5.92 Å². The minimum absolute atomic E-state index is 0.0208. The molecule has 0 aromatic rings. The van der Waals surface area contributed by atoms with Crippen molar-refractivity contribution in [1.29, 1.82) is 0 Å². The van der Waals surface area contributed by atoms with Gasteiger partial charge in [-0.05, 0) is 5.92 Å². The van der Waals surface area contributed by atoms with E-state index in [0.717, 1.165) is 0 Å². The van der Waals surface area contributed by atoms with Crippen LogP contribution < -0.4 is 5.73 Å². The zero-order chi connectivity index (χ0) is 10.3. The molecule has 0 saturated carbocycles. The van der Waals surface area contributed by atoms with E-state index in [0.29, 0.717) is 0 Å². The molecule has 1 unspecified atom stereocenters. The SMILES string of the molecule is CC(C)C(N)C(=O)O.O=[N+]([O-])O. The Bertz CT molecular complexity index is 154. The lowest BCUT2D eigenvalue weighted by molar-refractivity contribution is -0.742. The highest BCUT2D eigenvalue weighted by Crippen LogP contribution is 1.96. The normalized spacial score (nSPS) is 11.3. The van der Waals surface area contributed by atoms with Crippen LogP contribution in [0.15, 0.2) is 0 Å². The third-order valence-corrected chi connectivity index (χ3v) is 1.00. The first-order chi connectivity index (χ1) is 5.29. The van der Waals surface area contributed by atoms with Gasteiger partial charge in [-0.3, -0.25) is 4.79 Å². The van der Waals surface area contributed by atoms with Gasteiger partial charge in [-0.2, -0.15) is 0 Å². The van der Waals surface area contributed by atoms with Crippen LogP contribution in [0.3, 0.4) is 0 Å². The smallest absolute Gasteiger partial charge is 0.320 e. The molecule has 0 fully saturated rings. The lowest BCUT2D eigenvalue weighted by atomic mass is 10.1. The highest BCUT2D eigenvalue weighted by molar-refractivity contribution is 5.73. The third-order valence-electron chi connectivity index (χ3n) is 1.00. The predicted octanol–water partition coefficient (Wildman–Crippen LogP) is -0.293. The summed E-state index contributed by atoms with van der Waals surface area (Å²) in [5.41, 5.74) is 5.16. The van der Waals surface area contributed by atoms with Crippen LogP contribution in [0.25, 0.3) is 0 Å². The van der Waals surface area contributed by atoms with Crippen molar-refractivity contribution in [3.05, 3.63) is 10.1 Å². The molecular formula is C5H12N2O5. The number of nitrogens with zero attached hydrogens (tertiary/aromatic N) is 1. The Labute approximate surface area is 68.9 Å². The van der Waals surface area contributed by atoms with Gasteiger partial charge in [-0.15, -0.1) is 10.1 Å². The van der Waals surface area contributed by atoms with Crippen LogP contribution in [0.1, 0.15) is 13.8 Å². The quantitative estimate of drug-likeness (QED) is 0.395. The fourth-order valence-corrected chi connectivity index (χ4v) is 0.285. The molecule has 0 spiro atoms. The number of hydrogen-bond donors (Lipinski definition) is 3. The van der Waals surface area contributed by atoms with Crippen LogP contribution in [-0.2, 0) is 4.79 Å². The molecule has 0 amide bonds. The number of carboxylic acids is 1. The number of rotatable bonds is 2. The fourth-order valence-electron chi connectivity index (χ4n) is 0.285. The van der Waals surface area contributed by atoms with E-state index in [1.54, 1.807) is 13.8 Å². The first-order valence-corrected chi connectivity index (χ1v) is 3.10.